The van der Waals surface area contributed by atoms with Crippen molar-refractivity contribution >= 4 is 52.7 Å². The van der Waals surface area contributed by atoms with E-state index in [1.165, 1.54) is 18.2 Å². The van der Waals surface area contributed by atoms with Crippen molar-refractivity contribution in [2.24, 2.45) is 0 Å². The van der Waals surface area contributed by atoms with Crippen molar-refractivity contribution in [3.8, 4) is 0 Å². The van der Waals surface area contributed by atoms with Crippen molar-refractivity contribution in [1.29, 1.82) is 0 Å². The van der Waals surface area contributed by atoms with Crippen LogP contribution in [0.1, 0.15) is 24.8 Å². The predicted octanol–water partition coefficient (Wildman–Crippen LogP) is 1.85. The molecule has 0 spiro atoms. The van der Waals surface area contributed by atoms with E-state index in [0.717, 1.165) is 6.08 Å². The molecule has 0 aromatic heterocycles. The molecule has 1 atom stereocenters. The van der Waals surface area contributed by atoms with E-state index < -0.39 is 36.4 Å². The predicted molar refractivity (Wildman–Crippen MR) is 117 cm³/mol. The highest BCUT2D eigenvalue weighted by Gasteiger charge is 2.41. The Balaban J connectivity index is 2.21. The van der Waals surface area contributed by atoms with Gasteiger partial charge in [-0.2, -0.15) is 0 Å². The number of carboxylic acid groups (broad SMARTS) is 2. The fraction of sp³-hybridized carbons (Fsp3) is 0.429. The lowest BCUT2D eigenvalue weighted by Crippen LogP contribution is -2.43. The van der Waals surface area contributed by atoms with Gasteiger partial charge in [0.05, 0.1) is 36.1 Å². The third-order valence-electron chi connectivity index (χ3n) is 4.78. The first-order valence-corrected chi connectivity index (χ1v) is 10.6. The highest BCUT2D eigenvalue weighted by Crippen LogP contribution is 2.28. The molecule has 1 aromatic rings. The number of carboxylic acids is 2. The number of aliphatic hydroxyl groups is 1. The molecule has 180 valence electrons. The third kappa shape index (κ3) is 8.41. The minimum Gasteiger partial charge on any atom is -0.481 e. The Bertz CT molecular complexity index is 944. The molecule has 1 aromatic carbocycles. The zero-order valence-corrected chi connectivity index (χ0v) is 19.0. The molecule has 1 unspecified atom stereocenters. The molecule has 0 bridgehead atoms. The lowest BCUT2D eigenvalue weighted by molar-refractivity contribution is -0.170. The van der Waals surface area contributed by atoms with Crippen molar-refractivity contribution < 1.29 is 44.0 Å². The summed E-state index contributed by atoms with van der Waals surface area (Å²) in [7, 11) is 0. The molecule has 0 amide bonds. The number of nitrogens with zero attached hydrogens (tertiary/aromatic N) is 1. The van der Waals surface area contributed by atoms with Crippen molar-refractivity contribution in [2.45, 2.75) is 24.9 Å². The zero-order valence-electron chi connectivity index (χ0n) is 17.5. The van der Waals surface area contributed by atoms with Crippen LogP contribution in [0.15, 0.2) is 24.3 Å². The summed E-state index contributed by atoms with van der Waals surface area (Å²) in [5.41, 5.74) is -2.68. The molecule has 33 heavy (non-hydrogen) atoms. The maximum Gasteiger partial charge on any atom is 0.336 e. The summed E-state index contributed by atoms with van der Waals surface area (Å²) in [6.07, 6.45) is -1.20. The second kappa shape index (κ2) is 12.1. The molecule has 0 aliphatic carbocycles. The maximum absolute atomic E-state index is 12.5. The fourth-order valence-electron chi connectivity index (χ4n) is 2.99. The Morgan fingerprint density at radius 2 is 1.76 bits per heavy atom. The smallest absolute Gasteiger partial charge is 0.336 e. The molecule has 1 aliphatic heterocycles. The standard InChI is InChI=1S/C21H23Cl2NO9/c22-15-2-1-13(9-16(15)23)17(10-14(25)3-4-24-5-7-32-8-6-24)33-19(28)12-21(31,20(29)30)11-18(26)27/h1-2,9-10,31H,3-8,11-12H2,(H,26,27)(H,29,30)/b17-10-. The number of ketones is 1. The van der Waals surface area contributed by atoms with Crippen LogP contribution in [-0.4, -0.2) is 82.4 Å². The van der Waals surface area contributed by atoms with Gasteiger partial charge in [-0.25, -0.2) is 4.79 Å². The van der Waals surface area contributed by atoms with E-state index in [4.69, 9.17) is 42.9 Å². The number of esters is 1. The SMILES string of the molecule is O=C(O)CC(O)(CC(=O)O/C(=C\C(=O)CCN1CCOCC1)c1ccc(Cl)c(Cl)c1)C(=O)O. The van der Waals surface area contributed by atoms with Crippen LogP contribution in [0.5, 0.6) is 0 Å². The second-order valence-electron chi connectivity index (χ2n) is 7.37. The van der Waals surface area contributed by atoms with Crippen molar-refractivity contribution in [2.75, 3.05) is 32.8 Å². The molecule has 1 aliphatic rings. The maximum atomic E-state index is 12.5. The van der Waals surface area contributed by atoms with E-state index in [2.05, 4.69) is 0 Å². The summed E-state index contributed by atoms with van der Waals surface area (Å²) >= 11 is 11.9. The van der Waals surface area contributed by atoms with Gasteiger partial charge in [0.1, 0.15) is 5.76 Å². The Kier molecular flexibility index (Phi) is 9.81. The summed E-state index contributed by atoms with van der Waals surface area (Å²) in [5, 5.41) is 28.4. The quantitative estimate of drug-likeness (QED) is 0.231. The number of benzene rings is 1. The number of carbonyl (C=O) groups is 4. The van der Waals surface area contributed by atoms with Gasteiger partial charge in [0, 0.05) is 37.7 Å². The number of hydrogen-bond donors (Lipinski definition) is 3. The topological polar surface area (TPSA) is 151 Å². The van der Waals surface area contributed by atoms with E-state index in [9.17, 15) is 24.3 Å². The number of allylic oxidation sites excluding steroid dienone is 1. The van der Waals surface area contributed by atoms with Crippen molar-refractivity contribution in [1.82, 2.24) is 4.90 Å². The molecular formula is C21H23Cl2NO9. The van der Waals surface area contributed by atoms with Crippen LogP contribution in [-0.2, 0) is 28.7 Å². The molecule has 0 radical (unpaired) electrons. The molecule has 1 heterocycles. The highest BCUT2D eigenvalue weighted by molar-refractivity contribution is 6.42. The number of rotatable bonds is 11. The summed E-state index contributed by atoms with van der Waals surface area (Å²) in [6, 6.07) is 4.19. The Labute approximate surface area is 199 Å². The van der Waals surface area contributed by atoms with E-state index in [0.29, 0.717) is 32.8 Å². The Hall–Kier alpha value is -2.50. The van der Waals surface area contributed by atoms with Gasteiger partial charge in [-0.15, -0.1) is 0 Å². The van der Waals surface area contributed by atoms with Crippen LogP contribution in [0.25, 0.3) is 5.76 Å². The minimum absolute atomic E-state index is 0.112. The molecule has 10 nitrogen and oxygen atoms in total. The van der Waals surface area contributed by atoms with Gasteiger partial charge >= 0.3 is 17.9 Å². The highest BCUT2D eigenvalue weighted by atomic mass is 35.5. The zero-order chi connectivity index (χ0) is 24.6. The number of aliphatic carboxylic acids is 2. The normalized spacial score (nSPS) is 16.6. The van der Waals surface area contributed by atoms with E-state index in [-0.39, 0.29) is 33.6 Å². The first kappa shape index (κ1) is 26.7. The first-order chi connectivity index (χ1) is 15.5. The van der Waals surface area contributed by atoms with E-state index in [1.54, 1.807) is 0 Å². The minimum atomic E-state index is -2.88. The summed E-state index contributed by atoms with van der Waals surface area (Å²) in [4.78, 5) is 49.2. The van der Waals surface area contributed by atoms with Crippen LogP contribution >= 0.6 is 23.2 Å². The number of carbonyl (C=O) groups excluding carboxylic acids is 2. The second-order valence-corrected chi connectivity index (χ2v) is 8.18. The lowest BCUT2D eigenvalue weighted by Gasteiger charge is -2.26. The Morgan fingerprint density at radius 3 is 2.33 bits per heavy atom. The number of ether oxygens (including phenoxy) is 2. The lowest BCUT2D eigenvalue weighted by atomic mass is 9.96. The van der Waals surface area contributed by atoms with Gasteiger partial charge in [0.15, 0.2) is 11.4 Å². The average molecular weight is 504 g/mol. The van der Waals surface area contributed by atoms with Gasteiger partial charge in [-0.3, -0.25) is 19.3 Å². The molecule has 0 saturated carbocycles. The Morgan fingerprint density at radius 1 is 1.09 bits per heavy atom. The summed E-state index contributed by atoms with van der Waals surface area (Å²) < 4.78 is 10.4. The molecule has 2 rings (SSSR count). The molecule has 1 fully saturated rings. The van der Waals surface area contributed by atoms with Crippen molar-refractivity contribution in [3.05, 3.63) is 39.9 Å². The summed E-state index contributed by atoms with van der Waals surface area (Å²) in [6.45, 7) is 2.96. The molecule has 12 heteroatoms. The van der Waals surface area contributed by atoms with E-state index in [1.807, 2.05) is 4.90 Å². The largest absolute Gasteiger partial charge is 0.481 e. The first-order valence-electron chi connectivity index (χ1n) is 9.88. The van der Waals surface area contributed by atoms with Gasteiger partial charge in [-0.05, 0) is 18.2 Å². The van der Waals surface area contributed by atoms with Crippen LogP contribution < -0.4 is 0 Å². The average Bonchev–Trinajstić information content (AvgIpc) is 2.73. The van der Waals surface area contributed by atoms with Crippen LogP contribution in [0.3, 0.4) is 0 Å². The van der Waals surface area contributed by atoms with E-state index >= 15 is 0 Å². The number of halogens is 2. The summed E-state index contributed by atoms with van der Waals surface area (Å²) in [5.74, 6) is -5.39. The van der Waals surface area contributed by atoms with Crippen LogP contribution in [0, 0.1) is 0 Å². The van der Waals surface area contributed by atoms with Gasteiger partial charge in [0.25, 0.3) is 0 Å². The molecule has 3 N–H and O–H groups in total. The third-order valence-corrected chi connectivity index (χ3v) is 5.52. The van der Waals surface area contributed by atoms with Crippen LogP contribution in [0.4, 0.5) is 0 Å². The van der Waals surface area contributed by atoms with Gasteiger partial charge in [0.2, 0.25) is 0 Å². The van der Waals surface area contributed by atoms with Crippen LogP contribution in [0.2, 0.25) is 10.0 Å². The van der Waals surface area contributed by atoms with Crippen molar-refractivity contribution in [3.63, 3.8) is 0 Å². The fourth-order valence-corrected chi connectivity index (χ4v) is 3.29. The monoisotopic (exact) mass is 503 g/mol. The number of hydrogen-bond acceptors (Lipinski definition) is 8. The van der Waals surface area contributed by atoms with Gasteiger partial charge in [-0.1, -0.05) is 23.2 Å². The molecule has 1 saturated heterocycles. The van der Waals surface area contributed by atoms with Gasteiger partial charge < -0.3 is 24.8 Å². The number of morpholine rings is 1. The molecular weight excluding hydrogens is 481 g/mol.